The number of carbonyl (C=O) groups is 2. The number of hydrogen-bond acceptors (Lipinski definition) is 2. The van der Waals surface area contributed by atoms with Crippen LogP contribution in [0.1, 0.15) is 29.6 Å². The lowest BCUT2D eigenvalue weighted by atomic mass is 10.2. The molecule has 1 heterocycles. The van der Waals surface area contributed by atoms with E-state index in [9.17, 15) is 9.59 Å². The lowest BCUT2D eigenvalue weighted by Gasteiger charge is -2.16. The molecule has 0 aromatic heterocycles. The summed E-state index contributed by atoms with van der Waals surface area (Å²) < 4.78 is 0.774. The Balaban J connectivity index is 1.64. The highest BCUT2D eigenvalue weighted by Crippen LogP contribution is 2.30. The number of amides is 2. The third-order valence-corrected chi connectivity index (χ3v) is 4.29. The van der Waals surface area contributed by atoms with Crippen LogP contribution in [0.2, 0.25) is 0 Å². The summed E-state index contributed by atoms with van der Waals surface area (Å²) in [5.41, 5.74) is 0.611. The van der Waals surface area contributed by atoms with Crippen LogP contribution in [-0.2, 0) is 4.79 Å². The maximum Gasteiger partial charge on any atom is 0.252 e. The van der Waals surface area contributed by atoms with Crippen molar-refractivity contribution >= 4 is 27.7 Å². The maximum atomic E-state index is 12.1. The molecular weight excluding hydrogens is 308 g/mol. The van der Waals surface area contributed by atoms with Crippen molar-refractivity contribution in [3.63, 3.8) is 0 Å². The number of halogens is 1. The largest absolute Gasteiger partial charge is 0.347 e. The molecule has 0 spiro atoms. The van der Waals surface area contributed by atoms with E-state index in [1.165, 1.54) is 0 Å². The predicted octanol–water partition coefficient (Wildman–Crippen LogP) is 1.94. The van der Waals surface area contributed by atoms with E-state index < -0.39 is 0 Å². The monoisotopic (exact) mass is 322 g/mol. The maximum absolute atomic E-state index is 12.1. The highest BCUT2D eigenvalue weighted by molar-refractivity contribution is 9.10. The van der Waals surface area contributed by atoms with E-state index in [0.717, 1.165) is 17.3 Å². The number of hydrogen-bond donors (Lipinski definition) is 1. The third kappa shape index (κ3) is 2.66. The van der Waals surface area contributed by atoms with Gasteiger partial charge in [-0.1, -0.05) is 12.1 Å². The minimum atomic E-state index is -0.122. The van der Waals surface area contributed by atoms with Crippen molar-refractivity contribution in [1.29, 1.82) is 0 Å². The van der Waals surface area contributed by atoms with Gasteiger partial charge in [-0.25, -0.2) is 0 Å². The molecule has 100 valence electrons. The zero-order valence-corrected chi connectivity index (χ0v) is 12.0. The van der Waals surface area contributed by atoms with E-state index in [1.54, 1.807) is 6.07 Å². The summed E-state index contributed by atoms with van der Waals surface area (Å²) in [6, 6.07) is 7.68. The van der Waals surface area contributed by atoms with Crippen LogP contribution in [-0.4, -0.2) is 35.3 Å². The fraction of sp³-hybridized carbons (Fsp3) is 0.429. The summed E-state index contributed by atoms with van der Waals surface area (Å²) in [4.78, 5) is 25.9. The molecule has 2 fully saturated rings. The van der Waals surface area contributed by atoms with E-state index >= 15 is 0 Å². The average Bonchev–Trinajstić information content (AvgIpc) is 3.15. The Morgan fingerprint density at radius 2 is 2.05 bits per heavy atom. The molecule has 1 unspecified atom stereocenters. The van der Waals surface area contributed by atoms with Crippen molar-refractivity contribution in [2.24, 2.45) is 0 Å². The fourth-order valence-electron chi connectivity index (χ4n) is 2.48. The van der Waals surface area contributed by atoms with Crippen molar-refractivity contribution < 1.29 is 9.59 Å². The van der Waals surface area contributed by atoms with Crippen molar-refractivity contribution in [2.75, 3.05) is 6.54 Å². The molecule has 1 N–H and O–H groups in total. The fourth-order valence-corrected chi connectivity index (χ4v) is 2.94. The molecule has 5 heteroatoms. The normalized spacial score (nSPS) is 22.7. The van der Waals surface area contributed by atoms with Crippen LogP contribution in [0.4, 0.5) is 0 Å². The van der Waals surface area contributed by atoms with E-state index in [-0.39, 0.29) is 17.9 Å². The Labute approximate surface area is 120 Å². The van der Waals surface area contributed by atoms with E-state index in [4.69, 9.17) is 0 Å². The molecule has 1 aromatic rings. The van der Waals surface area contributed by atoms with Gasteiger partial charge in [0, 0.05) is 23.5 Å². The van der Waals surface area contributed by atoms with Gasteiger partial charge in [0.05, 0.1) is 11.6 Å². The van der Waals surface area contributed by atoms with Crippen molar-refractivity contribution in [3.05, 3.63) is 34.3 Å². The lowest BCUT2D eigenvalue weighted by molar-refractivity contribution is -0.128. The molecule has 1 aromatic carbocycles. The summed E-state index contributed by atoms with van der Waals surface area (Å²) in [7, 11) is 0. The van der Waals surface area contributed by atoms with Gasteiger partial charge >= 0.3 is 0 Å². The van der Waals surface area contributed by atoms with Crippen LogP contribution in [0.15, 0.2) is 28.7 Å². The molecule has 1 atom stereocenters. The van der Waals surface area contributed by atoms with Crippen LogP contribution in [0.3, 0.4) is 0 Å². The van der Waals surface area contributed by atoms with Crippen LogP contribution in [0, 0.1) is 0 Å². The van der Waals surface area contributed by atoms with Gasteiger partial charge < -0.3 is 10.2 Å². The first-order valence-corrected chi connectivity index (χ1v) is 7.29. The molecule has 0 bridgehead atoms. The van der Waals surface area contributed by atoms with Gasteiger partial charge in [-0.15, -0.1) is 0 Å². The van der Waals surface area contributed by atoms with E-state index in [0.29, 0.717) is 24.6 Å². The first-order valence-electron chi connectivity index (χ1n) is 6.50. The smallest absolute Gasteiger partial charge is 0.252 e. The second-order valence-corrected chi connectivity index (χ2v) is 5.99. The number of benzene rings is 1. The highest BCUT2D eigenvalue weighted by atomic mass is 79.9. The number of nitrogens with zero attached hydrogens (tertiary/aromatic N) is 1. The van der Waals surface area contributed by atoms with Gasteiger partial charge in [0.25, 0.3) is 5.91 Å². The molecule has 0 radical (unpaired) electrons. The average molecular weight is 323 g/mol. The third-order valence-electron chi connectivity index (χ3n) is 3.60. The quantitative estimate of drug-likeness (QED) is 0.924. The molecule has 1 aliphatic carbocycles. The second kappa shape index (κ2) is 4.96. The SMILES string of the molecule is O=C(NC1CC(=O)N(C2CC2)C1)c1ccccc1Br. The number of rotatable bonds is 3. The highest BCUT2D eigenvalue weighted by Gasteiger charge is 2.39. The predicted molar refractivity (Wildman–Crippen MR) is 74.7 cm³/mol. The van der Waals surface area contributed by atoms with Crippen LogP contribution in [0.25, 0.3) is 0 Å². The second-order valence-electron chi connectivity index (χ2n) is 5.13. The summed E-state index contributed by atoms with van der Waals surface area (Å²) in [5, 5.41) is 2.95. The topological polar surface area (TPSA) is 49.4 Å². The first-order chi connectivity index (χ1) is 9.15. The Kier molecular flexibility index (Phi) is 3.31. The van der Waals surface area contributed by atoms with Crippen LogP contribution >= 0.6 is 15.9 Å². The zero-order valence-electron chi connectivity index (χ0n) is 10.4. The minimum absolute atomic E-state index is 0.0623. The Morgan fingerprint density at radius 3 is 2.74 bits per heavy atom. The van der Waals surface area contributed by atoms with Gasteiger partial charge in [0.2, 0.25) is 5.91 Å². The molecule has 1 saturated heterocycles. The number of likely N-dealkylation sites (tertiary alicyclic amines) is 1. The lowest BCUT2D eigenvalue weighted by Crippen LogP contribution is -2.37. The van der Waals surface area contributed by atoms with Gasteiger partial charge in [0.1, 0.15) is 0 Å². The molecule has 4 nitrogen and oxygen atoms in total. The van der Waals surface area contributed by atoms with Gasteiger partial charge in [-0.05, 0) is 40.9 Å². The van der Waals surface area contributed by atoms with Gasteiger partial charge in [0.15, 0.2) is 0 Å². The molecule has 19 heavy (non-hydrogen) atoms. The number of carbonyl (C=O) groups excluding carboxylic acids is 2. The molecular formula is C14H15BrN2O2. The summed E-state index contributed by atoms with van der Waals surface area (Å²) in [6.45, 7) is 0.652. The zero-order chi connectivity index (χ0) is 13.4. The summed E-state index contributed by atoms with van der Waals surface area (Å²) in [6.07, 6.45) is 2.64. The minimum Gasteiger partial charge on any atom is -0.347 e. The van der Waals surface area contributed by atoms with Crippen molar-refractivity contribution in [3.8, 4) is 0 Å². The molecule has 1 saturated carbocycles. The van der Waals surface area contributed by atoms with E-state index in [2.05, 4.69) is 21.2 Å². The molecule has 2 amide bonds. The molecule has 1 aliphatic heterocycles. The van der Waals surface area contributed by atoms with Gasteiger partial charge in [-0.2, -0.15) is 0 Å². The summed E-state index contributed by atoms with van der Waals surface area (Å²) >= 11 is 3.37. The van der Waals surface area contributed by atoms with Crippen LogP contribution in [0.5, 0.6) is 0 Å². The Bertz CT molecular complexity index is 528. The van der Waals surface area contributed by atoms with Crippen LogP contribution < -0.4 is 5.32 Å². The molecule has 3 rings (SSSR count). The Hall–Kier alpha value is -1.36. The van der Waals surface area contributed by atoms with Gasteiger partial charge in [-0.3, -0.25) is 9.59 Å². The first kappa shape index (κ1) is 12.7. The van der Waals surface area contributed by atoms with Crippen molar-refractivity contribution in [1.82, 2.24) is 10.2 Å². The van der Waals surface area contributed by atoms with E-state index in [1.807, 2.05) is 23.1 Å². The summed E-state index contributed by atoms with van der Waals surface area (Å²) in [5.74, 6) is 0.0443. The number of nitrogens with one attached hydrogen (secondary N) is 1. The van der Waals surface area contributed by atoms with Crippen molar-refractivity contribution in [2.45, 2.75) is 31.3 Å². The standard InChI is InChI=1S/C14H15BrN2O2/c15-12-4-2-1-3-11(12)14(19)16-9-7-13(18)17(8-9)10-5-6-10/h1-4,9-10H,5-8H2,(H,16,19). The molecule has 2 aliphatic rings. The Morgan fingerprint density at radius 1 is 1.32 bits per heavy atom.